The Morgan fingerprint density at radius 2 is 1.47 bits per heavy atom. The van der Waals surface area contributed by atoms with E-state index < -0.39 is 10.1 Å². The minimum Gasteiger partial charge on any atom is -0.748 e. The monoisotopic (exact) mass is 544 g/mol. The average Bonchev–Trinajstić information content (AvgIpc) is 2.85. The van der Waals surface area contributed by atoms with Gasteiger partial charge in [0, 0.05) is 68.9 Å². The molecule has 0 N–H and O–H groups in total. The van der Waals surface area contributed by atoms with Crippen molar-refractivity contribution >= 4 is 28.5 Å². The Kier molecular flexibility index (Phi) is 16.4. The van der Waals surface area contributed by atoms with E-state index in [4.69, 9.17) is 4.74 Å². The summed E-state index contributed by atoms with van der Waals surface area (Å²) >= 11 is 3.53. The van der Waals surface area contributed by atoms with Gasteiger partial charge in [-0.2, -0.15) is 12.6 Å². The standard InChI is InChI=1S/C24H32N2O2.C2H6O3S2.Na/c1-3-28-23(21-10-6-4-7-11-21)19-26-16-14-25(15-17-26)18-20(2)24(27)22-12-8-5-9-13-22;3-7(4,5)2-1-6;/h4-13,20,23H,3,14-19H2,1-2H3;6H,1-2H2,(H,3,4,5);/q;;+1/p-1. The van der Waals surface area contributed by atoms with Crippen LogP contribution in [0.25, 0.3) is 0 Å². The third-order valence-electron chi connectivity index (χ3n) is 5.81. The van der Waals surface area contributed by atoms with Crippen molar-refractivity contribution in [3.8, 4) is 0 Å². The van der Waals surface area contributed by atoms with Gasteiger partial charge in [0.25, 0.3) is 0 Å². The van der Waals surface area contributed by atoms with Crippen LogP contribution in [0.3, 0.4) is 0 Å². The fraction of sp³-hybridized carbons (Fsp3) is 0.500. The van der Waals surface area contributed by atoms with Crippen molar-refractivity contribution in [1.82, 2.24) is 9.80 Å². The molecule has 0 spiro atoms. The number of hydrogen-bond acceptors (Lipinski definition) is 8. The molecule has 0 bridgehead atoms. The fourth-order valence-corrected chi connectivity index (χ4v) is 4.88. The number of piperazine rings is 1. The van der Waals surface area contributed by atoms with E-state index in [0.29, 0.717) is 0 Å². The second-order valence-corrected chi connectivity index (χ2v) is 10.5. The topological polar surface area (TPSA) is 90.0 Å². The number of Topliss-reactive ketones (excluding diaryl/α,β-unsaturated/α-hetero) is 1. The van der Waals surface area contributed by atoms with Crippen LogP contribution < -0.4 is 29.6 Å². The smallest absolute Gasteiger partial charge is 0.748 e. The van der Waals surface area contributed by atoms with E-state index in [-0.39, 0.29) is 58.9 Å². The summed E-state index contributed by atoms with van der Waals surface area (Å²) in [6, 6.07) is 20.1. The molecule has 0 aliphatic carbocycles. The summed E-state index contributed by atoms with van der Waals surface area (Å²) in [6.07, 6.45) is 0.122. The van der Waals surface area contributed by atoms with Crippen LogP contribution in [0.4, 0.5) is 0 Å². The first-order valence-electron chi connectivity index (χ1n) is 12.0. The average molecular weight is 545 g/mol. The van der Waals surface area contributed by atoms with Crippen molar-refractivity contribution in [3.63, 3.8) is 0 Å². The van der Waals surface area contributed by atoms with Gasteiger partial charge in [0.15, 0.2) is 5.78 Å². The van der Waals surface area contributed by atoms with Crippen LogP contribution >= 0.6 is 12.6 Å². The number of benzene rings is 2. The van der Waals surface area contributed by atoms with Crippen molar-refractivity contribution in [2.45, 2.75) is 20.0 Å². The predicted octanol–water partition coefficient (Wildman–Crippen LogP) is 0.366. The number of hydrogen-bond donors (Lipinski definition) is 1. The van der Waals surface area contributed by atoms with E-state index in [2.05, 4.69) is 53.6 Å². The van der Waals surface area contributed by atoms with E-state index >= 15 is 0 Å². The van der Waals surface area contributed by atoms with E-state index in [9.17, 15) is 17.8 Å². The Bertz CT molecular complexity index is 972. The Morgan fingerprint density at radius 3 is 1.92 bits per heavy atom. The fourth-order valence-electron chi connectivity index (χ4n) is 3.98. The summed E-state index contributed by atoms with van der Waals surface area (Å²) in [5.74, 6) is -0.0138. The van der Waals surface area contributed by atoms with Crippen molar-refractivity contribution in [2.75, 3.05) is 57.4 Å². The third kappa shape index (κ3) is 12.7. The zero-order chi connectivity index (χ0) is 25.7. The van der Waals surface area contributed by atoms with E-state index in [0.717, 1.165) is 51.4 Å². The molecule has 2 aromatic rings. The zero-order valence-corrected chi connectivity index (χ0v) is 25.3. The molecule has 194 valence electrons. The molecule has 0 aromatic heterocycles. The number of nitrogens with zero attached hydrogens (tertiary/aromatic N) is 2. The molecule has 7 nitrogen and oxygen atoms in total. The molecular weight excluding hydrogens is 507 g/mol. The maximum absolute atomic E-state index is 12.6. The molecule has 1 heterocycles. The molecule has 0 saturated carbocycles. The molecule has 1 aliphatic rings. The molecular formula is C26H37N2NaO5S2. The second-order valence-electron chi connectivity index (χ2n) is 8.57. The molecule has 36 heavy (non-hydrogen) atoms. The van der Waals surface area contributed by atoms with E-state index in [1.807, 2.05) is 43.3 Å². The Morgan fingerprint density at radius 1 is 0.972 bits per heavy atom. The van der Waals surface area contributed by atoms with Crippen LogP contribution in [-0.2, 0) is 14.9 Å². The van der Waals surface area contributed by atoms with Gasteiger partial charge >= 0.3 is 29.6 Å². The van der Waals surface area contributed by atoms with Crippen LogP contribution in [0.5, 0.6) is 0 Å². The van der Waals surface area contributed by atoms with Crippen molar-refractivity contribution < 1.29 is 52.1 Å². The molecule has 1 aliphatic heterocycles. The van der Waals surface area contributed by atoms with Crippen LogP contribution in [0.1, 0.15) is 35.9 Å². The van der Waals surface area contributed by atoms with Crippen molar-refractivity contribution in [3.05, 3.63) is 71.8 Å². The molecule has 0 radical (unpaired) electrons. The molecule has 0 amide bonds. The second kappa shape index (κ2) is 17.7. The Balaban J connectivity index is 0.000000712. The number of thiol groups is 1. The van der Waals surface area contributed by atoms with Gasteiger partial charge < -0.3 is 14.2 Å². The van der Waals surface area contributed by atoms with E-state index in [1.165, 1.54) is 5.56 Å². The summed E-state index contributed by atoms with van der Waals surface area (Å²) in [7, 11) is -4.00. The molecule has 1 saturated heterocycles. The van der Waals surface area contributed by atoms with Crippen molar-refractivity contribution in [1.29, 1.82) is 0 Å². The van der Waals surface area contributed by atoms with Gasteiger partial charge in [0.05, 0.1) is 16.2 Å². The molecule has 10 heteroatoms. The van der Waals surface area contributed by atoms with Gasteiger partial charge in [0.1, 0.15) is 0 Å². The maximum Gasteiger partial charge on any atom is 1.00 e. The van der Waals surface area contributed by atoms with Crippen molar-refractivity contribution in [2.24, 2.45) is 5.92 Å². The molecule has 1 fully saturated rings. The van der Waals surface area contributed by atoms with Gasteiger partial charge in [-0.25, -0.2) is 8.42 Å². The number of carbonyl (C=O) groups is 1. The summed E-state index contributed by atoms with van der Waals surface area (Å²) in [5, 5.41) is 0. The van der Waals surface area contributed by atoms with Gasteiger partial charge in [-0.3, -0.25) is 9.69 Å². The predicted molar refractivity (Wildman–Crippen MR) is 142 cm³/mol. The summed E-state index contributed by atoms with van der Waals surface area (Å²) in [4.78, 5) is 17.5. The Labute approximate surface area is 244 Å². The molecule has 2 aromatic carbocycles. The van der Waals surface area contributed by atoms with Gasteiger partial charge in [-0.15, -0.1) is 0 Å². The normalized spacial score (nSPS) is 16.2. The Hall–Kier alpha value is -0.750. The van der Waals surface area contributed by atoms with Gasteiger partial charge in [-0.05, 0) is 12.5 Å². The minimum atomic E-state index is -4.00. The maximum atomic E-state index is 12.6. The number of carbonyl (C=O) groups excluding carboxylic acids is 1. The number of ketones is 1. The minimum absolute atomic E-state index is 0. The third-order valence-corrected chi connectivity index (χ3v) is 7.04. The molecule has 2 unspecified atom stereocenters. The zero-order valence-electron chi connectivity index (χ0n) is 21.6. The largest absolute Gasteiger partial charge is 1.00 e. The first-order valence-corrected chi connectivity index (χ1v) is 14.2. The van der Waals surface area contributed by atoms with Crippen LogP contribution in [0.2, 0.25) is 0 Å². The van der Waals surface area contributed by atoms with Crippen LogP contribution in [-0.4, -0.2) is 85.9 Å². The summed E-state index contributed by atoms with van der Waals surface area (Å²) < 4.78 is 34.9. The first-order chi connectivity index (χ1) is 16.7. The van der Waals surface area contributed by atoms with Crippen LogP contribution in [0.15, 0.2) is 60.7 Å². The number of ether oxygens (including phenoxy) is 1. The van der Waals surface area contributed by atoms with Gasteiger partial charge in [0.2, 0.25) is 0 Å². The first kappa shape index (κ1) is 33.3. The summed E-state index contributed by atoms with van der Waals surface area (Å²) in [6.45, 7) is 10.6. The quantitative estimate of drug-likeness (QED) is 0.189. The van der Waals surface area contributed by atoms with E-state index in [1.54, 1.807) is 0 Å². The summed E-state index contributed by atoms with van der Waals surface area (Å²) in [5.41, 5.74) is 2.06. The van der Waals surface area contributed by atoms with Crippen LogP contribution in [0, 0.1) is 5.92 Å². The molecule has 3 rings (SSSR count). The molecule has 2 atom stereocenters. The number of rotatable bonds is 11. The van der Waals surface area contributed by atoms with Gasteiger partial charge in [-0.1, -0.05) is 67.6 Å². The SMILES string of the molecule is CCOC(CN1CCN(CC(C)C(=O)c2ccccc2)CC1)c1ccccc1.O=S(=O)([O-])CCS.[Na+].